The van der Waals surface area contributed by atoms with Crippen LogP contribution in [0.4, 0.5) is 29.3 Å². The fraction of sp³-hybridized carbons (Fsp3) is 0.158. The molecule has 0 unspecified atom stereocenters. The second-order valence-corrected chi connectivity index (χ2v) is 6.13. The lowest BCUT2D eigenvalue weighted by atomic mass is 10.0. The number of amides is 1. The Morgan fingerprint density at radius 1 is 1.20 bits per heavy atom. The molecule has 1 aliphatic rings. The van der Waals surface area contributed by atoms with Gasteiger partial charge in [-0.1, -0.05) is 6.08 Å². The van der Waals surface area contributed by atoms with Crippen molar-refractivity contribution in [2.75, 3.05) is 5.32 Å². The van der Waals surface area contributed by atoms with Crippen LogP contribution in [0.2, 0.25) is 0 Å². The van der Waals surface area contributed by atoms with Crippen molar-refractivity contribution in [3.63, 3.8) is 0 Å². The summed E-state index contributed by atoms with van der Waals surface area (Å²) in [4.78, 5) is 33.6. The maximum Gasteiger partial charge on any atom is 0.416 e. The third-order valence-electron chi connectivity index (χ3n) is 4.04. The highest BCUT2D eigenvalue weighted by atomic mass is 19.4. The highest BCUT2D eigenvalue weighted by Crippen LogP contribution is 2.41. The van der Waals surface area contributed by atoms with E-state index in [-0.39, 0.29) is 29.3 Å². The van der Waals surface area contributed by atoms with E-state index in [1.54, 1.807) is 0 Å². The Labute approximate surface area is 167 Å². The Kier molecular flexibility index (Phi) is 5.72. The van der Waals surface area contributed by atoms with E-state index in [4.69, 9.17) is 9.47 Å². The first kappa shape index (κ1) is 20.8. The standard InChI is InChI=1S/C19H13F3N2O6/c20-19(21,22)15-7-8-17(25)30-16-9-12(3-6-14(15)16)23-18(26)29-10-11-1-4-13(5-2-11)24(27)28/h1-7,9H,8,10H2,(H,23,26). The quantitative estimate of drug-likeness (QED) is 0.334. The van der Waals surface area contributed by atoms with E-state index < -0.39 is 35.2 Å². The van der Waals surface area contributed by atoms with E-state index in [1.165, 1.54) is 30.3 Å². The van der Waals surface area contributed by atoms with Crippen molar-refractivity contribution in [2.24, 2.45) is 0 Å². The molecule has 156 valence electrons. The third-order valence-corrected chi connectivity index (χ3v) is 4.04. The lowest BCUT2D eigenvalue weighted by Gasteiger charge is -2.14. The van der Waals surface area contributed by atoms with Crippen molar-refractivity contribution in [1.82, 2.24) is 0 Å². The number of carbonyl (C=O) groups excluding carboxylic acids is 2. The molecule has 0 aromatic heterocycles. The summed E-state index contributed by atoms with van der Waals surface area (Å²) in [7, 11) is 0. The summed E-state index contributed by atoms with van der Waals surface area (Å²) in [6, 6.07) is 8.72. The van der Waals surface area contributed by atoms with Gasteiger partial charge in [0.05, 0.1) is 16.9 Å². The molecule has 0 spiro atoms. The molecule has 0 saturated heterocycles. The van der Waals surface area contributed by atoms with Crippen molar-refractivity contribution >= 4 is 29.0 Å². The number of carbonyl (C=O) groups is 2. The summed E-state index contributed by atoms with van der Waals surface area (Å²) in [6.07, 6.45) is -5.38. The Balaban J connectivity index is 1.69. The number of allylic oxidation sites excluding steroid dienone is 1. The maximum atomic E-state index is 13.2. The zero-order chi connectivity index (χ0) is 21.9. The highest BCUT2D eigenvalue weighted by Gasteiger charge is 2.37. The Morgan fingerprint density at radius 2 is 1.90 bits per heavy atom. The number of fused-ring (bicyclic) bond motifs is 1. The summed E-state index contributed by atoms with van der Waals surface area (Å²) < 4.78 is 49.5. The molecule has 0 bridgehead atoms. The lowest BCUT2D eigenvalue weighted by Crippen LogP contribution is -2.14. The molecule has 0 saturated carbocycles. The number of ether oxygens (including phenoxy) is 2. The number of esters is 1. The topological polar surface area (TPSA) is 108 Å². The van der Waals surface area contributed by atoms with Gasteiger partial charge in [-0.05, 0) is 29.8 Å². The molecule has 0 fully saturated rings. The fourth-order valence-corrected chi connectivity index (χ4v) is 2.65. The number of alkyl halides is 3. The number of hydrogen-bond donors (Lipinski definition) is 1. The zero-order valence-electron chi connectivity index (χ0n) is 15.1. The largest absolute Gasteiger partial charge is 0.444 e. The number of benzene rings is 2. The minimum absolute atomic E-state index is 0.0543. The van der Waals surface area contributed by atoms with Crippen LogP contribution in [0, 0.1) is 10.1 Å². The molecule has 8 nitrogen and oxygen atoms in total. The van der Waals surface area contributed by atoms with Gasteiger partial charge < -0.3 is 9.47 Å². The van der Waals surface area contributed by atoms with Gasteiger partial charge in [-0.15, -0.1) is 0 Å². The summed E-state index contributed by atoms with van der Waals surface area (Å²) >= 11 is 0. The van der Waals surface area contributed by atoms with Crippen LogP contribution >= 0.6 is 0 Å². The molecule has 1 amide bonds. The molecular formula is C19H13F3N2O6. The van der Waals surface area contributed by atoms with Gasteiger partial charge in [-0.2, -0.15) is 13.2 Å². The summed E-state index contributed by atoms with van der Waals surface area (Å²) in [5, 5.41) is 12.9. The predicted octanol–water partition coefficient (Wildman–Crippen LogP) is 4.60. The zero-order valence-corrected chi connectivity index (χ0v) is 15.1. The van der Waals surface area contributed by atoms with E-state index in [0.717, 1.165) is 18.2 Å². The molecule has 3 rings (SSSR count). The number of halogens is 3. The van der Waals surface area contributed by atoms with E-state index in [9.17, 15) is 32.9 Å². The normalized spacial score (nSPS) is 13.4. The number of nitro benzene ring substituents is 1. The molecule has 11 heteroatoms. The Morgan fingerprint density at radius 3 is 2.53 bits per heavy atom. The van der Waals surface area contributed by atoms with Gasteiger partial charge in [-0.25, -0.2) is 4.79 Å². The molecule has 1 heterocycles. The first-order valence-electron chi connectivity index (χ1n) is 8.43. The van der Waals surface area contributed by atoms with Crippen molar-refractivity contribution in [2.45, 2.75) is 19.2 Å². The fourth-order valence-electron chi connectivity index (χ4n) is 2.65. The molecule has 0 atom stereocenters. The lowest BCUT2D eigenvalue weighted by molar-refractivity contribution is -0.384. The van der Waals surface area contributed by atoms with Crippen LogP contribution in [0.15, 0.2) is 48.5 Å². The summed E-state index contributed by atoms with van der Waals surface area (Å²) in [5.74, 6) is -1.21. The van der Waals surface area contributed by atoms with Crippen molar-refractivity contribution in [3.8, 4) is 5.75 Å². The number of nitrogens with one attached hydrogen (secondary N) is 1. The number of anilines is 1. The molecule has 1 aliphatic heterocycles. The minimum Gasteiger partial charge on any atom is -0.444 e. The van der Waals surface area contributed by atoms with E-state index in [2.05, 4.69) is 5.32 Å². The molecule has 2 aromatic carbocycles. The average Bonchev–Trinajstić information content (AvgIpc) is 2.84. The molecule has 0 aliphatic carbocycles. The van der Waals surface area contributed by atoms with Crippen LogP contribution in [-0.4, -0.2) is 23.2 Å². The average molecular weight is 422 g/mol. The van der Waals surface area contributed by atoms with Gasteiger partial charge in [-0.3, -0.25) is 20.2 Å². The smallest absolute Gasteiger partial charge is 0.416 e. The van der Waals surface area contributed by atoms with Crippen LogP contribution in [0.25, 0.3) is 5.57 Å². The van der Waals surface area contributed by atoms with Gasteiger partial charge >= 0.3 is 18.2 Å². The van der Waals surface area contributed by atoms with Gasteiger partial charge in [0.15, 0.2) is 0 Å². The van der Waals surface area contributed by atoms with Gasteiger partial charge in [0.1, 0.15) is 12.4 Å². The second kappa shape index (κ2) is 8.23. The number of rotatable bonds is 4. The number of non-ortho nitro benzene ring substituents is 1. The first-order valence-corrected chi connectivity index (χ1v) is 8.43. The molecular weight excluding hydrogens is 409 g/mol. The molecule has 2 aromatic rings. The van der Waals surface area contributed by atoms with Crippen LogP contribution in [-0.2, 0) is 16.1 Å². The van der Waals surface area contributed by atoms with Gasteiger partial charge in [0.25, 0.3) is 5.69 Å². The van der Waals surface area contributed by atoms with Crippen molar-refractivity contribution in [3.05, 3.63) is 69.8 Å². The third kappa shape index (κ3) is 4.93. The number of nitro groups is 1. The second-order valence-electron chi connectivity index (χ2n) is 6.13. The first-order chi connectivity index (χ1) is 14.1. The highest BCUT2D eigenvalue weighted by molar-refractivity contribution is 5.89. The van der Waals surface area contributed by atoms with Crippen molar-refractivity contribution in [1.29, 1.82) is 0 Å². The maximum absolute atomic E-state index is 13.2. The molecule has 30 heavy (non-hydrogen) atoms. The van der Waals surface area contributed by atoms with E-state index in [0.29, 0.717) is 5.56 Å². The molecule has 0 radical (unpaired) electrons. The van der Waals surface area contributed by atoms with Crippen LogP contribution < -0.4 is 10.1 Å². The van der Waals surface area contributed by atoms with Crippen LogP contribution in [0.5, 0.6) is 5.75 Å². The van der Waals surface area contributed by atoms with E-state index >= 15 is 0 Å². The van der Waals surface area contributed by atoms with Crippen LogP contribution in [0.1, 0.15) is 17.5 Å². The molecule has 1 N–H and O–H groups in total. The monoisotopic (exact) mass is 422 g/mol. The SMILES string of the molecule is O=C1CC=C(C(F)(F)F)c2ccc(NC(=O)OCc3ccc([N+](=O)[O-])cc3)cc2O1. The Hall–Kier alpha value is -3.89. The van der Waals surface area contributed by atoms with E-state index in [1.807, 2.05) is 0 Å². The Bertz CT molecular complexity index is 1030. The van der Waals surface area contributed by atoms with Gasteiger partial charge in [0.2, 0.25) is 0 Å². The summed E-state index contributed by atoms with van der Waals surface area (Å²) in [6.45, 7) is -0.190. The van der Waals surface area contributed by atoms with Crippen LogP contribution in [0.3, 0.4) is 0 Å². The van der Waals surface area contributed by atoms with Gasteiger partial charge in [0, 0.05) is 29.4 Å². The van der Waals surface area contributed by atoms with Crippen molar-refractivity contribution < 1.29 is 37.2 Å². The number of nitrogens with zero attached hydrogens (tertiary/aromatic N) is 1. The number of hydrogen-bond acceptors (Lipinski definition) is 6. The minimum atomic E-state index is -4.68. The summed E-state index contributed by atoms with van der Waals surface area (Å²) in [5.41, 5.74) is -0.894. The predicted molar refractivity (Wildman–Crippen MR) is 97.6 cm³/mol.